The van der Waals surface area contributed by atoms with Gasteiger partial charge in [0.2, 0.25) is 5.91 Å². The molecule has 0 saturated heterocycles. The molecule has 0 bridgehead atoms. The Labute approximate surface area is 117 Å². The van der Waals surface area contributed by atoms with Gasteiger partial charge in [0.25, 0.3) is 0 Å². The lowest BCUT2D eigenvalue weighted by atomic mass is 9.84. The van der Waals surface area contributed by atoms with E-state index in [1.165, 1.54) is 32.1 Å². The van der Waals surface area contributed by atoms with Crippen LogP contribution in [0, 0.1) is 5.92 Å². The molecule has 106 valence electrons. The Kier molecular flexibility index (Phi) is 6.44. The first-order valence-electron chi connectivity index (χ1n) is 7.20. The predicted octanol–water partition coefficient (Wildman–Crippen LogP) is 2.72. The summed E-state index contributed by atoms with van der Waals surface area (Å²) in [7, 11) is 2.00. The van der Waals surface area contributed by atoms with Crippen molar-refractivity contribution in [3.05, 3.63) is 0 Å². The first-order chi connectivity index (χ1) is 8.18. The van der Waals surface area contributed by atoms with Gasteiger partial charge >= 0.3 is 0 Å². The highest BCUT2D eigenvalue weighted by molar-refractivity contribution is 5.85. The van der Waals surface area contributed by atoms with E-state index in [0.717, 1.165) is 25.7 Å². The van der Waals surface area contributed by atoms with E-state index in [2.05, 4.69) is 0 Å². The summed E-state index contributed by atoms with van der Waals surface area (Å²) >= 11 is 0. The smallest absolute Gasteiger partial charge is 0.225 e. The van der Waals surface area contributed by atoms with Crippen molar-refractivity contribution in [2.75, 3.05) is 7.05 Å². The van der Waals surface area contributed by atoms with Crippen molar-refractivity contribution in [2.24, 2.45) is 11.7 Å². The fourth-order valence-corrected chi connectivity index (χ4v) is 3.39. The molecule has 2 saturated carbocycles. The van der Waals surface area contributed by atoms with Crippen LogP contribution < -0.4 is 5.73 Å². The maximum Gasteiger partial charge on any atom is 0.225 e. The van der Waals surface area contributed by atoms with Gasteiger partial charge in [-0.05, 0) is 32.1 Å². The minimum atomic E-state index is 0. The van der Waals surface area contributed by atoms with Gasteiger partial charge in [-0.2, -0.15) is 0 Å². The third kappa shape index (κ3) is 3.86. The predicted molar refractivity (Wildman–Crippen MR) is 76.8 cm³/mol. The molecule has 2 N–H and O–H groups in total. The molecular weight excluding hydrogens is 248 g/mol. The molecule has 0 aromatic rings. The molecule has 2 aliphatic carbocycles. The molecule has 2 atom stereocenters. The summed E-state index contributed by atoms with van der Waals surface area (Å²) < 4.78 is 0. The first kappa shape index (κ1) is 15.8. The number of hydrogen-bond donors (Lipinski definition) is 1. The van der Waals surface area contributed by atoms with Gasteiger partial charge in [0.1, 0.15) is 0 Å². The monoisotopic (exact) mass is 274 g/mol. The highest BCUT2D eigenvalue weighted by atomic mass is 35.5. The van der Waals surface area contributed by atoms with Crippen LogP contribution in [0.3, 0.4) is 0 Å². The Morgan fingerprint density at radius 2 is 1.72 bits per heavy atom. The van der Waals surface area contributed by atoms with Crippen LogP contribution in [0.4, 0.5) is 0 Å². The van der Waals surface area contributed by atoms with E-state index < -0.39 is 0 Å². The number of nitrogens with two attached hydrogens (primary N) is 1. The van der Waals surface area contributed by atoms with Crippen molar-refractivity contribution < 1.29 is 4.79 Å². The van der Waals surface area contributed by atoms with Gasteiger partial charge in [0, 0.05) is 25.0 Å². The summed E-state index contributed by atoms with van der Waals surface area (Å²) in [6.07, 6.45) is 10.5. The molecule has 2 rings (SSSR count). The summed E-state index contributed by atoms with van der Waals surface area (Å²) in [6, 6.07) is 0.742. The molecule has 18 heavy (non-hydrogen) atoms. The lowest BCUT2D eigenvalue weighted by Gasteiger charge is -2.35. The maximum atomic E-state index is 12.4. The van der Waals surface area contributed by atoms with Crippen LogP contribution in [0.1, 0.15) is 57.8 Å². The third-order valence-corrected chi connectivity index (χ3v) is 4.53. The lowest BCUT2D eigenvalue weighted by molar-refractivity contribution is -0.138. The molecule has 2 fully saturated rings. The summed E-state index contributed by atoms with van der Waals surface area (Å²) in [5, 5.41) is 0. The minimum Gasteiger partial charge on any atom is -0.343 e. The van der Waals surface area contributed by atoms with E-state index in [0.29, 0.717) is 11.9 Å². The van der Waals surface area contributed by atoms with Crippen LogP contribution in [-0.4, -0.2) is 29.9 Å². The molecule has 3 nitrogen and oxygen atoms in total. The zero-order valence-electron chi connectivity index (χ0n) is 11.4. The third-order valence-electron chi connectivity index (χ3n) is 4.53. The Morgan fingerprint density at radius 1 is 1.06 bits per heavy atom. The van der Waals surface area contributed by atoms with E-state index >= 15 is 0 Å². The number of carbonyl (C=O) groups excluding carboxylic acids is 1. The Bertz CT molecular complexity index is 267. The average Bonchev–Trinajstić information content (AvgIpc) is 2.38. The SMILES string of the molecule is CN(C(=O)C1CCCC(N)C1)C1CCCCC1.Cl. The molecule has 1 amide bonds. The number of halogens is 1. The number of rotatable bonds is 2. The highest BCUT2D eigenvalue weighted by Crippen LogP contribution is 2.28. The van der Waals surface area contributed by atoms with Gasteiger partial charge in [-0.1, -0.05) is 25.7 Å². The molecule has 0 spiro atoms. The minimum absolute atomic E-state index is 0. The van der Waals surface area contributed by atoms with E-state index in [9.17, 15) is 4.79 Å². The fourth-order valence-electron chi connectivity index (χ4n) is 3.39. The van der Waals surface area contributed by atoms with Gasteiger partial charge in [-0.25, -0.2) is 0 Å². The van der Waals surface area contributed by atoms with Crippen LogP contribution in [-0.2, 0) is 4.79 Å². The average molecular weight is 275 g/mol. The molecule has 0 aliphatic heterocycles. The quantitative estimate of drug-likeness (QED) is 0.842. The maximum absolute atomic E-state index is 12.4. The van der Waals surface area contributed by atoms with E-state index in [4.69, 9.17) is 5.73 Å². The normalized spacial score (nSPS) is 29.4. The number of amides is 1. The van der Waals surface area contributed by atoms with E-state index in [-0.39, 0.29) is 24.4 Å². The molecule has 0 heterocycles. The molecule has 0 aromatic carbocycles. The van der Waals surface area contributed by atoms with Gasteiger partial charge in [-0.3, -0.25) is 4.79 Å². The van der Waals surface area contributed by atoms with Gasteiger partial charge in [0.05, 0.1) is 0 Å². The zero-order valence-corrected chi connectivity index (χ0v) is 12.3. The van der Waals surface area contributed by atoms with Gasteiger partial charge in [-0.15, -0.1) is 12.4 Å². The summed E-state index contributed by atoms with van der Waals surface area (Å²) in [6.45, 7) is 0. The van der Waals surface area contributed by atoms with Crippen LogP contribution in [0.15, 0.2) is 0 Å². The van der Waals surface area contributed by atoms with Gasteiger partial charge < -0.3 is 10.6 Å². The van der Waals surface area contributed by atoms with Crippen molar-refractivity contribution >= 4 is 18.3 Å². The van der Waals surface area contributed by atoms with Crippen molar-refractivity contribution in [1.29, 1.82) is 0 Å². The number of hydrogen-bond acceptors (Lipinski definition) is 2. The number of carbonyl (C=O) groups is 1. The van der Waals surface area contributed by atoms with E-state index in [1.807, 2.05) is 11.9 Å². The first-order valence-corrected chi connectivity index (χ1v) is 7.20. The van der Waals surface area contributed by atoms with Crippen molar-refractivity contribution in [1.82, 2.24) is 4.90 Å². The van der Waals surface area contributed by atoms with Crippen LogP contribution in [0.25, 0.3) is 0 Å². The van der Waals surface area contributed by atoms with Crippen LogP contribution in [0.2, 0.25) is 0 Å². The Balaban J connectivity index is 0.00000162. The second-order valence-corrected chi connectivity index (χ2v) is 5.86. The molecule has 2 aliphatic rings. The molecule has 0 radical (unpaired) electrons. The van der Waals surface area contributed by atoms with E-state index in [1.54, 1.807) is 0 Å². The van der Waals surface area contributed by atoms with Crippen molar-refractivity contribution in [3.63, 3.8) is 0 Å². The highest BCUT2D eigenvalue weighted by Gasteiger charge is 2.30. The second-order valence-electron chi connectivity index (χ2n) is 5.86. The Morgan fingerprint density at radius 3 is 2.33 bits per heavy atom. The van der Waals surface area contributed by atoms with Crippen LogP contribution in [0.5, 0.6) is 0 Å². The zero-order chi connectivity index (χ0) is 12.3. The van der Waals surface area contributed by atoms with Gasteiger partial charge in [0.15, 0.2) is 0 Å². The molecule has 2 unspecified atom stereocenters. The topological polar surface area (TPSA) is 46.3 Å². The molecular formula is C14H27ClN2O. The largest absolute Gasteiger partial charge is 0.343 e. The lowest BCUT2D eigenvalue weighted by Crippen LogP contribution is -2.44. The molecule has 0 aromatic heterocycles. The summed E-state index contributed by atoms with van der Waals surface area (Å²) in [4.78, 5) is 14.4. The Hall–Kier alpha value is -0.280. The van der Waals surface area contributed by atoms with Crippen molar-refractivity contribution in [2.45, 2.75) is 69.9 Å². The number of nitrogens with zero attached hydrogens (tertiary/aromatic N) is 1. The second kappa shape index (κ2) is 7.34. The standard InChI is InChI=1S/C14H26N2O.ClH/c1-16(13-8-3-2-4-9-13)14(17)11-6-5-7-12(15)10-11;/h11-13H,2-10,15H2,1H3;1H. The fraction of sp³-hybridized carbons (Fsp3) is 0.929. The summed E-state index contributed by atoms with van der Waals surface area (Å²) in [5.41, 5.74) is 5.97. The summed E-state index contributed by atoms with van der Waals surface area (Å²) in [5.74, 6) is 0.553. The molecule has 4 heteroatoms. The van der Waals surface area contributed by atoms with Crippen LogP contribution >= 0.6 is 12.4 Å². The van der Waals surface area contributed by atoms with Crippen molar-refractivity contribution in [3.8, 4) is 0 Å².